The molecule has 100 valence electrons. The average molecular weight is 267 g/mol. The summed E-state index contributed by atoms with van der Waals surface area (Å²) in [5.41, 5.74) is 3.06. The van der Waals surface area contributed by atoms with Crippen LogP contribution in [-0.4, -0.2) is 15.4 Å². The van der Waals surface area contributed by atoms with Gasteiger partial charge in [-0.2, -0.15) is 0 Å². The van der Waals surface area contributed by atoms with Crippen molar-refractivity contribution in [2.24, 2.45) is 0 Å². The number of aromatic nitrogens is 1. The molecule has 0 fully saturated rings. The monoisotopic (exact) mass is 267 g/mol. The maximum atomic E-state index is 9.98. The van der Waals surface area contributed by atoms with E-state index < -0.39 is 0 Å². The molecule has 2 N–H and O–H groups in total. The Morgan fingerprint density at radius 2 is 1.75 bits per heavy atom. The van der Waals surface area contributed by atoms with Crippen molar-refractivity contribution in [3.05, 3.63) is 54.2 Å². The van der Waals surface area contributed by atoms with Gasteiger partial charge in [0.05, 0.1) is 16.8 Å². The molecule has 4 nitrogen and oxygen atoms in total. The standard InChI is InChI=1S/C16H13NO3/c1-10-15(11-5-3-2-4-6-11)16(20-17-10)13-8-7-12(18)9-14(13)19/h2-9,18-19H,1H3. The summed E-state index contributed by atoms with van der Waals surface area (Å²) < 4.78 is 5.36. The third-order valence-electron chi connectivity index (χ3n) is 3.15. The van der Waals surface area contributed by atoms with E-state index >= 15 is 0 Å². The lowest BCUT2D eigenvalue weighted by Crippen LogP contribution is -1.83. The second-order valence-corrected chi connectivity index (χ2v) is 4.54. The minimum atomic E-state index is -0.0432. The molecule has 1 aromatic heterocycles. The summed E-state index contributed by atoms with van der Waals surface area (Å²) in [5.74, 6) is 0.452. The zero-order valence-electron chi connectivity index (χ0n) is 10.9. The molecule has 0 radical (unpaired) electrons. The number of aryl methyl sites for hydroxylation is 1. The summed E-state index contributed by atoms with van der Waals surface area (Å²) in [7, 11) is 0. The van der Waals surface area contributed by atoms with Crippen LogP contribution in [0.5, 0.6) is 11.5 Å². The van der Waals surface area contributed by atoms with Crippen molar-refractivity contribution >= 4 is 0 Å². The summed E-state index contributed by atoms with van der Waals surface area (Å²) in [4.78, 5) is 0. The van der Waals surface area contributed by atoms with Crippen molar-refractivity contribution in [3.8, 4) is 33.9 Å². The molecule has 0 bridgehead atoms. The van der Waals surface area contributed by atoms with Crippen LogP contribution in [0.2, 0.25) is 0 Å². The lowest BCUT2D eigenvalue weighted by molar-refractivity contribution is 0.420. The minimum absolute atomic E-state index is 0.00347. The molecule has 2 aromatic carbocycles. The number of rotatable bonds is 2. The first kappa shape index (κ1) is 12.3. The summed E-state index contributed by atoms with van der Waals surface area (Å²) >= 11 is 0. The molecule has 0 aliphatic heterocycles. The predicted molar refractivity (Wildman–Crippen MR) is 75.4 cm³/mol. The Bertz CT molecular complexity index is 748. The smallest absolute Gasteiger partial charge is 0.178 e. The third kappa shape index (κ3) is 2.01. The van der Waals surface area contributed by atoms with Gasteiger partial charge in [-0.05, 0) is 24.6 Å². The Labute approximate surface area is 115 Å². The fraction of sp³-hybridized carbons (Fsp3) is 0.0625. The number of phenols is 2. The second-order valence-electron chi connectivity index (χ2n) is 4.54. The van der Waals surface area contributed by atoms with Crippen molar-refractivity contribution in [3.63, 3.8) is 0 Å². The molecule has 0 aliphatic carbocycles. The van der Waals surface area contributed by atoms with Gasteiger partial charge in [0.25, 0.3) is 0 Å². The minimum Gasteiger partial charge on any atom is -0.508 e. The van der Waals surface area contributed by atoms with Crippen LogP contribution in [0.3, 0.4) is 0 Å². The van der Waals surface area contributed by atoms with Crippen molar-refractivity contribution in [2.45, 2.75) is 6.92 Å². The lowest BCUT2D eigenvalue weighted by Gasteiger charge is -2.05. The van der Waals surface area contributed by atoms with Gasteiger partial charge in [0.15, 0.2) is 5.76 Å². The fourth-order valence-corrected chi connectivity index (χ4v) is 2.21. The topological polar surface area (TPSA) is 66.5 Å². The number of phenolic OH excluding ortho intramolecular Hbond substituents is 2. The largest absolute Gasteiger partial charge is 0.508 e. The quantitative estimate of drug-likeness (QED) is 0.742. The van der Waals surface area contributed by atoms with Gasteiger partial charge >= 0.3 is 0 Å². The molecular weight excluding hydrogens is 254 g/mol. The number of aromatic hydroxyl groups is 2. The molecular formula is C16H13NO3. The Morgan fingerprint density at radius 1 is 1.00 bits per heavy atom. The second kappa shape index (κ2) is 4.74. The van der Waals surface area contributed by atoms with E-state index in [1.807, 2.05) is 37.3 Å². The highest BCUT2D eigenvalue weighted by atomic mass is 16.5. The molecule has 4 heteroatoms. The van der Waals surface area contributed by atoms with Crippen LogP contribution in [0.4, 0.5) is 0 Å². The van der Waals surface area contributed by atoms with Gasteiger partial charge in [-0.1, -0.05) is 35.5 Å². The van der Waals surface area contributed by atoms with Crippen LogP contribution in [0, 0.1) is 6.92 Å². The molecule has 3 aromatic rings. The van der Waals surface area contributed by atoms with Gasteiger partial charge in [0.2, 0.25) is 0 Å². The maximum absolute atomic E-state index is 9.98. The molecule has 0 spiro atoms. The summed E-state index contributed by atoms with van der Waals surface area (Å²) in [6.07, 6.45) is 0. The zero-order valence-corrected chi connectivity index (χ0v) is 10.9. The first-order valence-electron chi connectivity index (χ1n) is 6.21. The van der Waals surface area contributed by atoms with E-state index in [4.69, 9.17) is 4.52 Å². The van der Waals surface area contributed by atoms with Gasteiger partial charge in [0.1, 0.15) is 11.5 Å². The van der Waals surface area contributed by atoms with Crippen LogP contribution in [0.1, 0.15) is 5.69 Å². The zero-order chi connectivity index (χ0) is 14.1. The van der Waals surface area contributed by atoms with Crippen LogP contribution < -0.4 is 0 Å². The molecule has 0 saturated heterocycles. The number of benzene rings is 2. The molecule has 0 unspecified atom stereocenters. The van der Waals surface area contributed by atoms with E-state index in [0.717, 1.165) is 16.8 Å². The molecule has 3 rings (SSSR count). The normalized spacial score (nSPS) is 10.7. The lowest BCUT2D eigenvalue weighted by atomic mass is 9.99. The van der Waals surface area contributed by atoms with E-state index in [-0.39, 0.29) is 11.5 Å². The summed E-state index contributed by atoms with van der Waals surface area (Å²) in [5, 5.41) is 23.3. The van der Waals surface area contributed by atoms with Gasteiger partial charge in [0, 0.05) is 6.07 Å². The highest BCUT2D eigenvalue weighted by Gasteiger charge is 2.19. The van der Waals surface area contributed by atoms with Crippen LogP contribution in [0.15, 0.2) is 53.1 Å². The summed E-state index contributed by atoms with van der Waals surface area (Å²) in [6.45, 7) is 1.85. The maximum Gasteiger partial charge on any atom is 0.178 e. The highest BCUT2D eigenvalue weighted by Crippen LogP contribution is 2.39. The SMILES string of the molecule is Cc1noc(-c2ccc(O)cc2O)c1-c1ccccc1. The van der Waals surface area contributed by atoms with Gasteiger partial charge in [-0.25, -0.2) is 0 Å². The van der Waals surface area contributed by atoms with Gasteiger partial charge < -0.3 is 14.7 Å². The Balaban J connectivity index is 2.21. The van der Waals surface area contributed by atoms with Crippen molar-refractivity contribution in [1.29, 1.82) is 0 Å². The molecule has 0 aliphatic rings. The Kier molecular flexibility index (Phi) is 2.91. The van der Waals surface area contributed by atoms with E-state index in [1.165, 1.54) is 12.1 Å². The van der Waals surface area contributed by atoms with E-state index in [2.05, 4.69) is 5.16 Å². The highest BCUT2D eigenvalue weighted by molar-refractivity contribution is 5.83. The van der Waals surface area contributed by atoms with E-state index in [9.17, 15) is 10.2 Å². The molecule has 0 atom stereocenters. The van der Waals surface area contributed by atoms with Gasteiger partial charge in [-0.15, -0.1) is 0 Å². The Morgan fingerprint density at radius 3 is 2.45 bits per heavy atom. The van der Waals surface area contributed by atoms with Gasteiger partial charge in [-0.3, -0.25) is 0 Å². The fourth-order valence-electron chi connectivity index (χ4n) is 2.21. The van der Waals surface area contributed by atoms with Crippen LogP contribution in [-0.2, 0) is 0 Å². The molecule has 20 heavy (non-hydrogen) atoms. The first-order valence-corrected chi connectivity index (χ1v) is 6.21. The van der Waals surface area contributed by atoms with Crippen LogP contribution in [0.25, 0.3) is 22.5 Å². The molecule has 1 heterocycles. The predicted octanol–water partition coefficient (Wildman–Crippen LogP) is 3.73. The number of hydrogen-bond acceptors (Lipinski definition) is 4. The van der Waals surface area contributed by atoms with E-state index in [1.54, 1.807) is 6.07 Å². The Hall–Kier alpha value is -2.75. The van der Waals surface area contributed by atoms with Crippen molar-refractivity contribution < 1.29 is 14.7 Å². The summed E-state index contributed by atoms with van der Waals surface area (Å²) in [6, 6.07) is 14.1. The number of hydrogen-bond donors (Lipinski definition) is 2. The first-order chi connectivity index (χ1) is 9.66. The van der Waals surface area contributed by atoms with Crippen LogP contribution >= 0.6 is 0 Å². The molecule has 0 saturated carbocycles. The van der Waals surface area contributed by atoms with Crippen molar-refractivity contribution in [2.75, 3.05) is 0 Å². The molecule has 0 amide bonds. The number of nitrogens with zero attached hydrogens (tertiary/aromatic N) is 1. The van der Waals surface area contributed by atoms with Crippen molar-refractivity contribution in [1.82, 2.24) is 5.16 Å². The van der Waals surface area contributed by atoms with E-state index in [0.29, 0.717) is 11.3 Å². The average Bonchev–Trinajstić information content (AvgIpc) is 2.81. The third-order valence-corrected chi connectivity index (χ3v) is 3.15.